The van der Waals surface area contributed by atoms with Gasteiger partial charge in [-0.3, -0.25) is 10.1 Å². The van der Waals surface area contributed by atoms with Gasteiger partial charge in [0.25, 0.3) is 9.05 Å². The van der Waals surface area contributed by atoms with E-state index in [2.05, 4.69) is 15.9 Å². The number of benzene rings is 1. The van der Waals surface area contributed by atoms with Gasteiger partial charge in [-0.05, 0) is 22.9 Å². The van der Waals surface area contributed by atoms with E-state index in [1.165, 1.54) is 6.07 Å². The Morgan fingerprint density at radius 2 is 2.12 bits per heavy atom. The largest absolute Gasteiger partial charge is 0.487 e. The fourth-order valence-corrected chi connectivity index (χ4v) is 3.29. The van der Waals surface area contributed by atoms with Crippen LogP contribution in [0.5, 0.6) is 5.75 Å². The van der Waals surface area contributed by atoms with Gasteiger partial charge in [-0.2, -0.15) is 0 Å². The average Bonchev–Trinajstić information content (AvgIpc) is 2.15. The number of nitro groups is 1. The highest BCUT2D eigenvalue weighted by atomic mass is 79.9. The number of hydrogen-bond donors (Lipinski definition) is 0. The summed E-state index contributed by atoms with van der Waals surface area (Å²) < 4.78 is 27.5. The summed E-state index contributed by atoms with van der Waals surface area (Å²) in [5.74, 6) is -0.0200. The van der Waals surface area contributed by atoms with Gasteiger partial charge in [0.2, 0.25) is 0 Å². The van der Waals surface area contributed by atoms with E-state index in [1.54, 1.807) is 6.92 Å². The summed E-state index contributed by atoms with van der Waals surface area (Å²) in [5, 5.41) is 10.8. The van der Waals surface area contributed by atoms with Crippen LogP contribution in [0.15, 0.2) is 21.5 Å². The highest BCUT2D eigenvalue weighted by Gasteiger charge is 2.24. The Hall–Kier alpha value is -0.860. The maximum absolute atomic E-state index is 11.2. The maximum Gasteiger partial charge on any atom is 0.312 e. The lowest BCUT2D eigenvalue weighted by molar-refractivity contribution is -0.386. The van der Waals surface area contributed by atoms with E-state index in [0.29, 0.717) is 0 Å². The molecule has 1 aromatic rings. The van der Waals surface area contributed by atoms with E-state index in [1.807, 2.05) is 0 Å². The maximum atomic E-state index is 11.2. The molecule has 0 amide bonds. The van der Waals surface area contributed by atoms with Crippen molar-refractivity contribution in [3.8, 4) is 5.75 Å². The third kappa shape index (κ3) is 3.30. The minimum absolute atomic E-state index is 0.0200. The van der Waals surface area contributed by atoms with Crippen LogP contribution in [0.2, 0.25) is 0 Å². The number of nitrogens with zero attached hydrogens (tertiary/aromatic N) is 1. The molecular formula is C8H7BrClNO5S. The molecule has 0 saturated heterocycles. The molecule has 0 aliphatic heterocycles. The SMILES string of the molecule is CCOc1cc(Br)c(S(=O)(=O)Cl)cc1[N+](=O)[O-]. The number of hydrogen-bond acceptors (Lipinski definition) is 5. The van der Waals surface area contributed by atoms with Crippen molar-refractivity contribution in [1.82, 2.24) is 0 Å². The van der Waals surface area contributed by atoms with E-state index in [4.69, 9.17) is 15.4 Å². The van der Waals surface area contributed by atoms with Crippen LogP contribution in [0, 0.1) is 10.1 Å². The van der Waals surface area contributed by atoms with Crippen molar-refractivity contribution in [2.75, 3.05) is 6.61 Å². The van der Waals surface area contributed by atoms with E-state index in [9.17, 15) is 18.5 Å². The normalized spacial score (nSPS) is 11.2. The molecule has 1 aromatic carbocycles. The molecule has 0 aromatic heterocycles. The van der Waals surface area contributed by atoms with Crippen LogP contribution in [-0.2, 0) is 9.05 Å². The fraction of sp³-hybridized carbons (Fsp3) is 0.250. The van der Waals surface area contributed by atoms with Crippen molar-refractivity contribution in [2.45, 2.75) is 11.8 Å². The molecule has 0 radical (unpaired) electrons. The van der Waals surface area contributed by atoms with Gasteiger partial charge in [0.05, 0.1) is 11.5 Å². The zero-order valence-corrected chi connectivity index (χ0v) is 11.7. The van der Waals surface area contributed by atoms with Crippen molar-refractivity contribution < 1.29 is 18.1 Å². The molecule has 0 unspecified atom stereocenters. The molecule has 17 heavy (non-hydrogen) atoms. The van der Waals surface area contributed by atoms with Gasteiger partial charge in [-0.25, -0.2) is 8.42 Å². The molecule has 0 fully saturated rings. The summed E-state index contributed by atoms with van der Waals surface area (Å²) in [4.78, 5) is 9.66. The minimum atomic E-state index is -4.06. The molecule has 94 valence electrons. The Labute approximate surface area is 110 Å². The van der Waals surface area contributed by atoms with Crippen molar-refractivity contribution in [1.29, 1.82) is 0 Å². The summed E-state index contributed by atoms with van der Waals surface area (Å²) in [7, 11) is 1.09. The third-order valence-corrected chi connectivity index (χ3v) is 4.05. The smallest absolute Gasteiger partial charge is 0.312 e. The summed E-state index contributed by atoms with van der Waals surface area (Å²) in [6, 6.07) is 2.06. The Kier molecular flexibility index (Phi) is 4.34. The highest BCUT2D eigenvalue weighted by molar-refractivity contribution is 9.10. The fourth-order valence-electron chi connectivity index (χ4n) is 1.13. The molecule has 0 spiro atoms. The zero-order chi connectivity index (χ0) is 13.2. The van der Waals surface area contributed by atoms with E-state index in [0.717, 1.165) is 6.07 Å². The number of rotatable bonds is 4. The van der Waals surface area contributed by atoms with Crippen LogP contribution in [0.1, 0.15) is 6.92 Å². The van der Waals surface area contributed by atoms with E-state index < -0.39 is 19.7 Å². The number of halogens is 2. The molecule has 0 aliphatic carbocycles. The molecule has 0 atom stereocenters. The minimum Gasteiger partial charge on any atom is -0.487 e. The van der Waals surface area contributed by atoms with Crippen molar-refractivity contribution in [3.05, 3.63) is 26.7 Å². The number of ether oxygens (including phenoxy) is 1. The number of nitro benzene ring substituents is 1. The van der Waals surface area contributed by atoms with Crippen molar-refractivity contribution >= 4 is 41.4 Å². The molecule has 0 bridgehead atoms. The van der Waals surface area contributed by atoms with Crippen LogP contribution >= 0.6 is 26.6 Å². The molecule has 9 heteroatoms. The first-order valence-electron chi connectivity index (χ1n) is 4.32. The van der Waals surface area contributed by atoms with Gasteiger partial charge in [0.15, 0.2) is 5.75 Å². The van der Waals surface area contributed by atoms with Crippen LogP contribution < -0.4 is 4.74 Å². The first-order valence-corrected chi connectivity index (χ1v) is 7.43. The van der Waals surface area contributed by atoms with Gasteiger partial charge >= 0.3 is 5.69 Å². The Morgan fingerprint density at radius 1 is 1.53 bits per heavy atom. The van der Waals surface area contributed by atoms with Crippen LogP contribution in [-0.4, -0.2) is 19.9 Å². The zero-order valence-electron chi connectivity index (χ0n) is 8.51. The molecule has 0 heterocycles. The molecule has 0 saturated carbocycles. The quantitative estimate of drug-likeness (QED) is 0.476. The Balaban J connectivity index is 3.51. The first kappa shape index (κ1) is 14.2. The molecular weight excluding hydrogens is 338 g/mol. The van der Waals surface area contributed by atoms with Crippen LogP contribution in [0.25, 0.3) is 0 Å². The molecule has 6 nitrogen and oxygen atoms in total. The van der Waals surface area contributed by atoms with Crippen molar-refractivity contribution in [3.63, 3.8) is 0 Å². The van der Waals surface area contributed by atoms with E-state index >= 15 is 0 Å². The summed E-state index contributed by atoms with van der Waals surface area (Å²) in [6.07, 6.45) is 0. The predicted molar refractivity (Wildman–Crippen MR) is 65.0 cm³/mol. The monoisotopic (exact) mass is 343 g/mol. The highest BCUT2D eigenvalue weighted by Crippen LogP contribution is 2.36. The van der Waals surface area contributed by atoms with Gasteiger partial charge in [-0.1, -0.05) is 0 Å². The lowest BCUT2D eigenvalue weighted by atomic mass is 10.3. The van der Waals surface area contributed by atoms with Gasteiger partial charge in [-0.15, -0.1) is 0 Å². The average molecular weight is 345 g/mol. The first-order chi connectivity index (χ1) is 7.77. The lowest BCUT2D eigenvalue weighted by Crippen LogP contribution is -2.01. The topological polar surface area (TPSA) is 86.5 Å². The van der Waals surface area contributed by atoms with E-state index in [-0.39, 0.29) is 21.7 Å². The van der Waals surface area contributed by atoms with Crippen LogP contribution in [0.4, 0.5) is 5.69 Å². The second-order valence-electron chi connectivity index (χ2n) is 2.88. The second kappa shape index (κ2) is 5.19. The summed E-state index contributed by atoms with van der Waals surface area (Å²) in [5.41, 5.74) is -0.450. The third-order valence-electron chi connectivity index (χ3n) is 1.77. The summed E-state index contributed by atoms with van der Waals surface area (Å²) >= 11 is 2.97. The van der Waals surface area contributed by atoms with Crippen LogP contribution in [0.3, 0.4) is 0 Å². The second-order valence-corrected chi connectivity index (χ2v) is 6.27. The summed E-state index contributed by atoms with van der Waals surface area (Å²) in [6.45, 7) is 1.88. The Bertz CT molecular complexity index is 559. The van der Waals surface area contributed by atoms with Gasteiger partial charge in [0, 0.05) is 27.3 Å². The molecule has 1 rings (SSSR count). The van der Waals surface area contributed by atoms with Crippen molar-refractivity contribution in [2.24, 2.45) is 0 Å². The molecule has 0 aliphatic rings. The predicted octanol–water partition coefficient (Wildman–Crippen LogP) is 2.68. The lowest BCUT2D eigenvalue weighted by Gasteiger charge is -2.07. The van der Waals surface area contributed by atoms with Gasteiger partial charge < -0.3 is 4.74 Å². The van der Waals surface area contributed by atoms with Gasteiger partial charge in [0.1, 0.15) is 4.90 Å². The Morgan fingerprint density at radius 3 is 2.53 bits per heavy atom. The standard InChI is InChI=1S/C8H7BrClNO5S/c1-2-16-7-3-5(9)8(17(10,14)15)4-6(7)11(12)13/h3-4H,2H2,1H3. The molecule has 0 N–H and O–H groups in total.